The van der Waals surface area contributed by atoms with E-state index in [1.807, 2.05) is 18.4 Å². The molecule has 3 heterocycles. The summed E-state index contributed by atoms with van der Waals surface area (Å²) < 4.78 is 1.91. The summed E-state index contributed by atoms with van der Waals surface area (Å²) in [4.78, 5) is 24.9. The van der Waals surface area contributed by atoms with Gasteiger partial charge in [0.15, 0.2) is 5.78 Å². The normalized spacial score (nSPS) is 11.2. The predicted octanol–water partition coefficient (Wildman–Crippen LogP) is 1.80. The van der Waals surface area contributed by atoms with Crippen molar-refractivity contribution >= 4 is 28.6 Å². The number of nitrogens with zero attached hydrogens (tertiary/aromatic N) is 4. The smallest absolute Gasteiger partial charge is 0.221 e. The van der Waals surface area contributed by atoms with E-state index >= 15 is 0 Å². The number of hydrogen-bond acceptors (Lipinski definition) is 6. The second-order valence-electron chi connectivity index (χ2n) is 5.31. The monoisotopic (exact) mass is 296 g/mol. The topological polar surface area (TPSA) is 113 Å². The minimum atomic E-state index is -0.146. The number of rotatable bonds is 3. The number of nitrogen functional groups attached to an aromatic ring is 2. The molecular weight excluding hydrogens is 280 g/mol. The lowest BCUT2D eigenvalue weighted by atomic mass is 10.1. The number of carbonyl (C=O) groups is 1. The van der Waals surface area contributed by atoms with Crippen LogP contribution in [0.5, 0.6) is 0 Å². The maximum absolute atomic E-state index is 12.7. The quantitative estimate of drug-likeness (QED) is 0.713. The summed E-state index contributed by atoms with van der Waals surface area (Å²) in [7, 11) is 0. The van der Waals surface area contributed by atoms with Crippen molar-refractivity contribution < 1.29 is 4.79 Å². The third kappa shape index (κ3) is 2.26. The first-order valence-corrected chi connectivity index (χ1v) is 6.86. The number of aromatic nitrogens is 4. The zero-order valence-corrected chi connectivity index (χ0v) is 12.3. The van der Waals surface area contributed by atoms with Gasteiger partial charge in [0, 0.05) is 35.6 Å². The fraction of sp³-hybridized carbons (Fsp3) is 0.200. The van der Waals surface area contributed by atoms with E-state index in [2.05, 4.69) is 15.0 Å². The van der Waals surface area contributed by atoms with E-state index in [1.54, 1.807) is 24.5 Å². The Hall–Kier alpha value is -2.96. The van der Waals surface area contributed by atoms with Gasteiger partial charge in [-0.15, -0.1) is 0 Å². The van der Waals surface area contributed by atoms with Gasteiger partial charge in [0.25, 0.3) is 0 Å². The van der Waals surface area contributed by atoms with Gasteiger partial charge in [0.05, 0.1) is 5.56 Å². The highest BCUT2D eigenvalue weighted by Gasteiger charge is 2.19. The van der Waals surface area contributed by atoms with Crippen LogP contribution in [0.15, 0.2) is 30.7 Å². The maximum atomic E-state index is 12.7. The van der Waals surface area contributed by atoms with Crippen molar-refractivity contribution in [2.45, 2.75) is 19.9 Å². The number of fused-ring (bicyclic) bond motifs is 1. The maximum Gasteiger partial charge on any atom is 0.221 e. The molecule has 3 rings (SSSR count). The summed E-state index contributed by atoms with van der Waals surface area (Å²) in [6.45, 7) is 4.02. The minimum absolute atomic E-state index is 0.140. The lowest BCUT2D eigenvalue weighted by molar-refractivity contribution is 0.104. The van der Waals surface area contributed by atoms with Crippen molar-refractivity contribution in [2.75, 3.05) is 11.5 Å². The summed E-state index contributed by atoms with van der Waals surface area (Å²) >= 11 is 0. The zero-order chi connectivity index (χ0) is 15.9. The molecular formula is C15H16N6O. The van der Waals surface area contributed by atoms with E-state index in [-0.39, 0.29) is 17.8 Å². The van der Waals surface area contributed by atoms with E-state index in [4.69, 9.17) is 11.5 Å². The van der Waals surface area contributed by atoms with Gasteiger partial charge in [-0.3, -0.25) is 4.79 Å². The Morgan fingerprint density at radius 3 is 2.73 bits per heavy atom. The largest absolute Gasteiger partial charge is 0.384 e. The predicted molar refractivity (Wildman–Crippen MR) is 84.4 cm³/mol. The molecule has 22 heavy (non-hydrogen) atoms. The summed E-state index contributed by atoms with van der Waals surface area (Å²) in [6, 6.07) is 3.33. The molecule has 0 aliphatic carbocycles. The number of anilines is 2. The van der Waals surface area contributed by atoms with Crippen molar-refractivity contribution in [3.8, 4) is 0 Å². The third-order valence-corrected chi connectivity index (χ3v) is 3.43. The van der Waals surface area contributed by atoms with Crippen LogP contribution in [0.25, 0.3) is 11.0 Å². The lowest BCUT2D eigenvalue weighted by Crippen LogP contribution is -2.03. The molecule has 7 nitrogen and oxygen atoms in total. The first-order chi connectivity index (χ1) is 10.5. The van der Waals surface area contributed by atoms with E-state index in [1.165, 1.54) is 6.20 Å². The summed E-state index contributed by atoms with van der Waals surface area (Å²) in [5.41, 5.74) is 13.0. The molecule has 3 aromatic heterocycles. The van der Waals surface area contributed by atoms with E-state index in [0.29, 0.717) is 28.0 Å². The van der Waals surface area contributed by atoms with Gasteiger partial charge in [0.1, 0.15) is 11.5 Å². The fourth-order valence-electron chi connectivity index (χ4n) is 2.36. The van der Waals surface area contributed by atoms with Gasteiger partial charge in [0.2, 0.25) is 5.95 Å². The molecule has 0 atom stereocenters. The SMILES string of the molecule is CC(C)n1cc(C(=O)c2ccnc(N)c2)c2cnc(N)nc21. The van der Waals surface area contributed by atoms with Crippen LogP contribution in [0.2, 0.25) is 0 Å². The Balaban J connectivity index is 2.21. The molecule has 0 fully saturated rings. The number of ketones is 1. The van der Waals surface area contributed by atoms with E-state index in [9.17, 15) is 4.79 Å². The van der Waals surface area contributed by atoms with Crippen LogP contribution in [-0.4, -0.2) is 25.3 Å². The van der Waals surface area contributed by atoms with Crippen LogP contribution in [0.4, 0.5) is 11.8 Å². The van der Waals surface area contributed by atoms with Crippen molar-refractivity contribution in [3.63, 3.8) is 0 Å². The summed E-state index contributed by atoms with van der Waals surface area (Å²) in [5, 5.41) is 0.670. The molecule has 0 unspecified atom stereocenters. The van der Waals surface area contributed by atoms with E-state index in [0.717, 1.165) is 0 Å². The van der Waals surface area contributed by atoms with Crippen LogP contribution >= 0.6 is 0 Å². The Labute approximate surface area is 127 Å². The Bertz CT molecular complexity index is 868. The van der Waals surface area contributed by atoms with Gasteiger partial charge < -0.3 is 16.0 Å². The average Bonchev–Trinajstić information content (AvgIpc) is 2.85. The Morgan fingerprint density at radius 2 is 2.05 bits per heavy atom. The van der Waals surface area contributed by atoms with Crippen molar-refractivity contribution in [1.29, 1.82) is 0 Å². The molecule has 0 bridgehead atoms. The van der Waals surface area contributed by atoms with Crippen LogP contribution in [0.3, 0.4) is 0 Å². The highest BCUT2D eigenvalue weighted by atomic mass is 16.1. The minimum Gasteiger partial charge on any atom is -0.384 e. The van der Waals surface area contributed by atoms with Gasteiger partial charge >= 0.3 is 0 Å². The summed E-state index contributed by atoms with van der Waals surface area (Å²) in [6.07, 6.45) is 4.87. The van der Waals surface area contributed by atoms with Crippen LogP contribution < -0.4 is 11.5 Å². The van der Waals surface area contributed by atoms with Gasteiger partial charge in [-0.1, -0.05) is 0 Å². The van der Waals surface area contributed by atoms with Crippen LogP contribution in [0, 0.1) is 0 Å². The van der Waals surface area contributed by atoms with Crippen molar-refractivity contribution in [2.24, 2.45) is 0 Å². The highest BCUT2D eigenvalue weighted by Crippen LogP contribution is 2.25. The number of nitrogens with two attached hydrogens (primary N) is 2. The molecule has 4 N–H and O–H groups in total. The molecule has 0 aliphatic heterocycles. The third-order valence-electron chi connectivity index (χ3n) is 3.43. The van der Waals surface area contributed by atoms with Crippen molar-refractivity contribution in [1.82, 2.24) is 19.5 Å². The van der Waals surface area contributed by atoms with Crippen molar-refractivity contribution in [3.05, 3.63) is 41.9 Å². The first kappa shape index (κ1) is 14.0. The van der Waals surface area contributed by atoms with Gasteiger partial charge in [-0.25, -0.2) is 9.97 Å². The second-order valence-corrected chi connectivity index (χ2v) is 5.31. The highest BCUT2D eigenvalue weighted by molar-refractivity contribution is 6.16. The molecule has 0 aliphatic rings. The molecule has 0 saturated carbocycles. The van der Waals surface area contributed by atoms with Crippen LogP contribution in [-0.2, 0) is 0 Å². The molecule has 0 saturated heterocycles. The molecule has 0 amide bonds. The van der Waals surface area contributed by atoms with E-state index < -0.39 is 0 Å². The fourth-order valence-corrected chi connectivity index (χ4v) is 2.36. The van der Waals surface area contributed by atoms with Gasteiger partial charge in [-0.05, 0) is 26.0 Å². The van der Waals surface area contributed by atoms with Crippen LogP contribution in [0.1, 0.15) is 35.8 Å². The molecule has 0 aromatic carbocycles. The average molecular weight is 296 g/mol. The Kier molecular flexibility index (Phi) is 3.25. The Morgan fingerprint density at radius 1 is 1.27 bits per heavy atom. The zero-order valence-electron chi connectivity index (χ0n) is 12.3. The lowest BCUT2D eigenvalue weighted by Gasteiger charge is -2.07. The number of carbonyl (C=O) groups excluding carboxylic acids is 1. The first-order valence-electron chi connectivity index (χ1n) is 6.86. The molecule has 3 aromatic rings. The van der Waals surface area contributed by atoms with Gasteiger partial charge in [-0.2, -0.15) is 4.98 Å². The standard InChI is InChI=1S/C15H16N6O/c1-8(2)21-7-11(10-6-19-15(17)20-14(10)21)13(22)9-3-4-18-12(16)5-9/h3-8H,1-2H3,(H2,16,18)(H2,17,19,20). The second kappa shape index (κ2) is 5.10. The molecule has 0 spiro atoms. The molecule has 0 radical (unpaired) electrons. The molecule has 112 valence electrons. The number of hydrogen-bond donors (Lipinski definition) is 2. The number of pyridine rings is 1. The molecule has 7 heteroatoms. The summed E-state index contributed by atoms with van der Waals surface area (Å²) in [5.74, 6) is 0.338.